The number of hydrogen-bond donors (Lipinski definition) is 1. The average Bonchev–Trinajstić information content (AvgIpc) is 2.60. The molecule has 25 heavy (non-hydrogen) atoms. The van der Waals surface area contributed by atoms with Crippen molar-refractivity contribution in [2.24, 2.45) is 0 Å². The lowest BCUT2D eigenvalue weighted by atomic mass is 9.95. The standard InChI is InChI=1S/C19H25N3O2S/c1-13(2)22-18(24)15-10-6-7-11-16(15)21-19(22)25-12-17(23)20-14-8-4-3-5-9-14/h6-7,10-11,13-14H,3-5,8-9,12H2,1-2H3,(H,20,23). The van der Waals surface area contributed by atoms with Gasteiger partial charge in [0.15, 0.2) is 5.16 Å². The number of carbonyl (C=O) groups is 1. The van der Waals surface area contributed by atoms with E-state index in [1.54, 1.807) is 10.6 Å². The zero-order valence-corrected chi connectivity index (χ0v) is 15.6. The molecule has 1 saturated carbocycles. The number of fused-ring (bicyclic) bond motifs is 1. The van der Waals surface area contributed by atoms with E-state index in [9.17, 15) is 9.59 Å². The summed E-state index contributed by atoms with van der Waals surface area (Å²) in [5.41, 5.74) is 0.635. The Morgan fingerprint density at radius 2 is 2.00 bits per heavy atom. The largest absolute Gasteiger partial charge is 0.353 e. The van der Waals surface area contributed by atoms with Crippen molar-refractivity contribution in [2.45, 2.75) is 63.2 Å². The highest BCUT2D eigenvalue weighted by Gasteiger charge is 2.18. The predicted molar refractivity (Wildman–Crippen MR) is 102 cm³/mol. The van der Waals surface area contributed by atoms with Gasteiger partial charge in [-0.05, 0) is 38.8 Å². The van der Waals surface area contributed by atoms with Gasteiger partial charge in [0.2, 0.25) is 5.91 Å². The molecule has 0 spiro atoms. The molecule has 0 radical (unpaired) electrons. The third-order valence-electron chi connectivity index (χ3n) is 4.59. The van der Waals surface area contributed by atoms with E-state index in [0.29, 0.717) is 22.1 Å². The molecule has 0 saturated heterocycles. The van der Waals surface area contributed by atoms with Crippen LogP contribution < -0.4 is 10.9 Å². The van der Waals surface area contributed by atoms with Crippen molar-refractivity contribution in [1.82, 2.24) is 14.9 Å². The number of nitrogens with one attached hydrogen (secondary N) is 1. The molecule has 1 aliphatic rings. The van der Waals surface area contributed by atoms with E-state index in [0.717, 1.165) is 12.8 Å². The minimum atomic E-state index is -0.0456. The van der Waals surface area contributed by atoms with Crippen LogP contribution in [-0.2, 0) is 4.79 Å². The van der Waals surface area contributed by atoms with Crippen molar-refractivity contribution in [3.05, 3.63) is 34.6 Å². The number of benzene rings is 1. The first kappa shape index (κ1) is 18.0. The molecule has 0 aliphatic heterocycles. The van der Waals surface area contributed by atoms with E-state index in [1.807, 2.05) is 32.0 Å². The molecule has 5 nitrogen and oxygen atoms in total. The van der Waals surface area contributed by atoms with Crippen LogP contribution in [0.4, 0.5) is 0 Å². The Bertz CT molecular complexity index is 810. The van der Waals surface area contributed by atoms with E-state index in [-0.39, 0.29) is 23.3 Å². The molecule has 1 fully saturated rings. The van der Waals surface area contributed by atoms with Gasteiger partial charge in [0, 0.05) is 12.1 Å². The normalized spacial score (nSPS) is 15.6. The molecule has 1 N–H and O–H groups in total. The van der Waals surface area contributed by atoms with Crippen LogP contribution in [0.2, 0.25) is 0 Å². The molecule has 0 atom stereocenters. The third-order valence-corrected chi connectivity index (χ3v) is 5.55. The van der Waals surface area contributed by atoms with Crippen molar-refractivity contribution in [1.29, 1.82) is 0 Å². The zero-order valence-electron chi connectivity index (χ0n) is 14.8. The Balaban J connectivity index is 1.77. The highest BCUT2D eigenvalue weighted by Crippen LogP contribution is 2.21. The summed E-state index contributed by atoms with van der Waals surface area (Å²) in [6.07, 6.45) is 5.79. The summed E-state index contributed by atoms with van der Waals surface area (Å²) in [5, 5.41) is 4.34. The van der Waals surface area contributed by atoms with Crippen LogP contribution in [0, 0.1) is 0 Å². The van der Waals surface area contributed by atoms with Crippen LogP contribution in [0.25, 0.3) is 10.9 Å². The third kappa shape index (κ3) is 4.24. The predicted octanol–water partition coefficient (Wildman–Crippen LogP) is 3.52. The van der Waals surface area contributed by atoms with Gasteiger partial charge in [0.25, 0.3) is 5.56 Å². The summed E-state index contributed by atoms with van der Waals surface area (Å²) < 4.78 is 1.68. The van der Waals surface area contributed by atoms with Gasteiger partial charge in [-0.15, -0.1) is 0 Å². The molecule has 3 rings (SSSR count). The van der Waals surface area contributed by atoms with Gasteiger partial charge in [-0.2, -0.15) is 0 Å². The van der Waals surface area contributed by atoms with E-state index in [4.69, 9.17) is 0 Å². The molecule has 1 aromatic heterocycles. The lowest BCUT2D eigenvalue weighted by Crippen LogP contribution is -2.37. The molecule has 1 heterocycles. The van der Waals surface area contributed by atoms with Gasteiger partial charge < -0.3 is 5.32 Å². The fourth-order valence-electron chi connectivity index (χ4n) is 3.33. The van der Waals surface area contributed by atoms with Crippen LogP contribution in [-0.4, -0.2) is 27.3 Å². The Morgan fingerprint density at radius 1 is 1.28 bits per heavy atom. The van der Waals surface area contributed by atoms with E-state index >= 15 is 0 Å². The molecule has 134 valence electrons. The first-order valence-electron chi connectivity index (χ1n) is 8.99. The maximum Gasteiger partial charge on any atom is 0.262 e. The van der Waals surface area contributed by atoms with Gasteiger partial charge in [-0.1, -0.05) is 43.2 Å². The zero-order chi connectivity index (χ0) is 17.8. The summed E-state index contributed by atoms with van der Waals surface area (Å²) in [6.45, 7) is 3.92. The summed E-state index contributed by atoms with van der Waals surface area (Å²) in [6, 6.07) is 7.66. The van der Waals surface area contributed by atoms with Gasteiger partial charge in [-0.3, -0.25) is 14.2 Å². The van der Waals surface area contributed by atoms with E-state index in [2.05, 4.69) is 10.3 Å². The van der Waals surface area contributed by atoms with E-state index in [1.165, 1.54) is 31.0 Å². The molecule has 2 aromatic rings. The lowest BCUT2D eigenvalue weighted by Gasteiger charge is -2.22. The number of rotatable bonds is 5. The van der Waals surface area contributed by atoms with Gasteiger partial charge in [0.1, 0.15) is 0 Å². The molecular weight excluding hydrogens is 334 g/mol. The van der Waals surface area contributed by atoms with Crippen molar-refractivity contribution < 1.29 is 4.79 Å². The van der Waals surface area contributed by atoms with Gasteiger partial charge >= 0.3 is 0 Å². The maximum absolute atomic E-state index is 12.8. The van der Waals surface area contributed by atoms with Crippen LogP contribution in [0.3, 0.4) is 0 Å². The second-order valence-corrected chi connectivity index (χ2v) is 7.81. The van der Waals surface area contributed by atoms with Crippen molar-refractivity contribution >= 4 is 28.6 Å². The number of aromatic nitrogens is 2. The molecule has 1 amide bonds. The monoisotopic (exact) mass is 359 g/mol. The highest BCUT2D eigenvalue weighted by molar-refractivity contribution is 7.99. The summed E-state index contributed by atoms with van der Waals surface area (Å²) in [4.78, 5) is 29.7. The fourth-order valence-corrected chi connectivity index (χ4v) is 4.27. The minimum absolute atomic E-state index is 0.00601. The first-order chi connectivity index (χ1) is 12.1. The topological polar surface area (TPSA) is 64.0 Å². The van der Waals surface area contributed by atoms with Crippen LogP contribution in [0.15, 0.2) is 34.2 Å². The smallest absolute Gasteiger partial charge is 0.262 e. The SMILES string of the molecule is CC(C)n1c(SCC(=O)NC2CCCCC2)nc2ccccc2c1=O. The molecule has 1 aromatic carbocycles. The molecular formula is C19H25N3O2S. The summed E-state index contributed by atoms with van der Waals surface area (Å²) in [7, 11) is 0. The lowest BCUT2D eigenvalue weighted by molar-refractivity contribution is -0.119. The van der Waals surface area contributed by atoms with Crippen molar-refractivity contribution in [3.8, 4) is 0 Å². The fraction of sp³-hybridized carbons (Fsp3) is 0.526. The Labute approximate surface area is 152 Å². The van der Waals surface area contributed by atoms with Crippen LogP contribution in [0.5, 0.6) is 0 Å². The summed E-state index contributed by atoms with van der Waals surface area (Å²) >= 11 is 1.34. The number of hydrogen-bond acceptors (Lipinski definition) is 4. The number of para-hydroxylation sites is 1. The average molecular weight is 359 g/mol. The van der Waals surface area contributed by atoms with E-state index < -0.39 is 0 Å². The molecule has 6 heteroatoms. The van der Waals surface area contributed by atoms with Gasteiger partial charge in [0.05, 0.1) is 16.7 Å². The number of nitrogens with zero attached hydrogens (tertiary/aromatic N) is 2. The maximum atomic E-state index is 12.8. The van der Waals surface area contributed by atoms with Crippen molar-refractivity contribution in [2.75, 3.05) is 5.75 Å². The number of amides is 1. The molecule has 1 aliphatic carbocycles. The Hall–Kier alpha value is -1.82. The second-order valence-electron chi connectivity index (χ2n) is 6.87. The summed E-state index contributed by atoms with van der Waals surface area (Å²) in [5.74, 6) is 0.309. The van der Waals surface area contributed by atoms with Crippen LogP contribution >= 0.6 is 11.8 Å². The van der Waals surface area contributed by atoms with Crippen LogP contribution in [0.1, 0.15) is 52.0 Å². The van der Waals surface area contributed by atoms with Gasteiger partial charge in [-0.25, -0.2) is 4.98 Å². The second kappa shape index (κ2) is 8.04. The number of carbonyl (C=O) groups excluding carboxylic acids is 1. The Morgan fingerprint density at radius 3 is 2.72 bits per heavy atom. The highest BCUT2D eigenvalue weighted by atomic mass is 32.2. The first-order valence-corrected chi connectivity index (χ1v) is 9.98. The number of thioether (sulfide) groups is 1. The quantitative estimate of drug-likeness (QED) is 0.655. The Kier molecular flexibility index (Phi) is 5.78. The minimum Gasteiger partial charge on any atom is -0.353 e. The molecule has 0 bridgehead atoms. The van der Waals surface area contributed by atoms with Crippen molar-refractivity contribution in [3.63, 3.8) is 0 Å². The molecule has 0 unspecified atom stereocenters.